The fraction of sp³-hybridized carbons (Fsp3) is 0.143. The van der Waals surface area contributed by atoms with Crippen molar-refractivity contribution in [1.82, 2.24) is 0 Å². The van der Waals surface area contributed by atoms with E-state index in [9.17, 15) is 10.1 Å². The van der Waals surface area contributed by atoms with Crippen LogP contribution in [0.4, 0.5) is 5.69 Å². The van der Waals surface area contributed by atoms with Crippen molar-refractivity contribution in [1.29, 1.82) is 0 Å². The van der Waals surface area contributed by atoms with E-state index in [1.807, 2.05) is 0 Å². The van der Waals surface area contributed by atoms with Crippen LogP contribution in [-0.4, -0.2) is 4.92 Å². The van der Waals surface area contributed by atoms with Gasteiger partial charge < -0.3 is 0 Å². The quantitative estimate of drug-likeness (QED) is 0.567. The highest BCUT2D eigenvalue weighted by Crippen LogP contribution is 2.32. The average Bonchev–Trinajstić information content (AvgIpc) is 2.00. The van der Waals surface area contributed by atoms with E-state index in [1.165, 1.54) is 12.1 Å². The van der Waals surface area contributed by atoms with Crippen LogP contribution < -0.4 is 0 Å². The lowest BCUT2D eigenvalue weighted by molar-refractivity contribution is -0.385. The van der Waals surface area contributed by atoms with Gasteiger partial charge in [0.2, 0.25) is 0 Å². The minimum absolute atomic E-state index is 0.0388. The molecule has 12 heavy (non-hydrogen) atoms. The Hall–Kier alpha value is -0.610. The van der Waals surface area contributed by atoms with Gasteiger partial charge in [0.25, 0.3) is 5.69 Å². The summed E-state index contributed by atoms with van der Waals surface area (Å²) in [4.78, 5) is 9.97. The molecule has 1 aromatic carbocycles. The molecule has 3 nitrogen and oxygen atoms in total. The third-order valence-electron chi connectivity index (χ3n) is 1.50. The van der Waals surface area contributed by atoms with E-state index in [0.29, 0.717) is 15.1 Å². The van der Waals surface area contributed by atoms with Crippen molar-refractivity contribution in [2.45, 2.75) is 6.92 Å². The molecule has 0 spiro atoms. The van der Waals surface area contributed by atoms with Crippen molar-refractivity contribution >= 4 is 33.2 Å². The fourth-order valence-corrected chi connectivity index (χ4v) is 1.55. The van der Waals surface area contributed by atoms with Crippen LogP contribution in [0.1, 0.15) is 5.56 Å². The van der Waals surface area contributed by atoms with Gasteiger partial charge in [-0.3, -0.25) is 10.1 Å². The topological polar surface area (TPSA) is 43.1 Å². The largest absolute Gasteiger partial charge is 0.283 e. The molecule has 0 unspecified atom stereocenters. The molecule has 0 radical (unpaired) electrons. The lowest BCUT2D eigenvalue weighted by Crippen LogP contribution is -1.91. The number of nitro benzene ring substituents is 1. The molecule has 5 heteroatoms. The summed E-state index contributed by atoms with van der Waals surface area (Å²) in [6.07, 6.45) is 0. The normalized spacial score (nSPS) is 9.92. The Labute approximate surface area is 82.6 Å². The minimum atomic E-state index is -0.451. The Morgan fingerprint density at radius 3 is 2.67 bits per heavy atom. The molecule has 0 amide bonds. The standard InChI is InChI=1S/C7H5BrClNO2/c1-4-5(9)2-3-6(7(4)8)10(11)12/h2-3H,1H3. The summed E-state index contributed by atoms with van der Waals surface area (Å²) >= 11 is 8.84. The van der Waals surface area contributed by atoms with Gasteiger partial charge in [-0.2, -0.15) is 0 Å². The third kappa shape index (κ3) is 1.59. The van der Waals surface area contributed by atoms with Gasteiger partial charge in [0, 0.05) is 11.1 Å². The smallest absolute Gasteiger partial charge is 0.258 e. The Balaban J connectivity index is 3.36. The predicted octanol–water partition coefficient (Wildman–Crippen LogP) is 3.32. The molecule has 0 atom stereocenters. The molecular formula is C7H5BrClNO2. The summed E-state index contributed by atoms with van der Waals surface area (Å²) < 4.78 is 0.444. The second-order valence-corrected chi connectivity index (χ2v) is 3.46. The lowest BCUT2D eigenvalue weighted by Gasteiger charge is -2.00. The maximum atomic E-state index is 10.4. The first-order valence-corrected chi connectivity index (χ1v) is 4.30. The lowest BCUT2D eigenvalue weighted by atomic mass is 10.2. The first-order chi connectivity index (χ1) is 5.54. The Morgan fingerprint density at radius 2 is 2.17 bits per heavy atom. The molecule has 0 heterocycles. The number of hydrogen-bond acceptors (Lipinski definition) is 2. The van der Waals surface area contributed by atoms with Gasteiger partial charge in [0.05, 0.1) is 9.40 Å². The number of rotatable bonds is 1. The van der Waals surface area contributed by atoms with Crippen LogP contribution in [0, 0.1) is 17.0 Å². The number of halogens is 2. The zero-order chi connectivity index (χ0) is 9.30. The molecule has 1 rings (SSSR count). The fourth-order valence-electron chi connectivity index (χ4n) is 0.788. The summed E-state index contributed by atoms with van der Waals surface area (Å²) in [7, 11) is 0. The molecule has 0 bridgehead atoms. The SMILES string of the molecule is Cc1c(Cl)ccc([N+](=O)[O-])c1Br. The van der Waals surface area contributed by atoms with Crippen molar-refractivity contribution in [2.75, 3.05) is 0 Å². The van der Waals surface area contributed by atoms with Gasteiger partial charge in [0.1, 0.15) is 0 Å². The molecule has 64 valence electrons. The summed E-state index contributed by atoms with van der Waals surface area (Å²) in [5, 5.41) is 10.9. The van der Waals surface area contributed by atoms with E-state index in [2.05, 4.69) is 15.9 Å². The Morgan fingerprint density at radius 1 is 1.58 bits per heavy atom. The molecule has 1 aromatic rings. The third-order valence-corrected chi connectivity index (χ3v) is 2.91. The van der Waals surface area contributed by atoms with Crippen molar-refractivity contribution in [3.8, 4) is 0 Å². The number of nitro groups is 1. The average molecular weight is 250 g/mol. The van der Waals surface area contributed by atoms with Crippen molar-refractivity contribution in [3.05, 3.63) is 37.3 Å². The molecule has 0 aliphatic heterocycles. The molecule has 0 saturated carbocycles. The van der Waals surface area contributed by atoms with Gasteiger partial charge in [-0.15, -0.1) is 0 Å². The summed E-state index contributed by atoms with van der Waals surface area (Å²) in [6, 6.07) is 2.89. The zero-order valence-corrected chi connectivity index (χ0v) is 8.52. The van der Waals surface area contributed by atoms with Crippen LogP contribution in [0.25, 0.3) is 0 Å². The molecular weight excluding hydrogens is 245 g/mol. The van der Waals surface area contributed by atoms with Crippen LogP contribution in [0.5, 0.6) is 0 Å². The van der Waals surface area contributed by atoms with E-state index in [1.54, 1.807) is 6.92 Å². The van der Waals surface area contributed by atoms with E-state index < -0.39 is 4.92 Å². The maximum absolute atomic E-state index is 10.4. The summed E-state index contributed by atoms with van der Waals surface area (Å²) in [6.45, 7) is 1.72. The highest BCUT2D eigenvalue weighted by atomic mass is 79.9. The summed E-state index contributed by atoms with van der Waals surface area (Å²) in [5.41, 5.74) is 0.725. The van der Waals surface area contributed by atoms with Gasteiger partial charge in [-0.05, 0) is 34.5 Å². The van der Waals surface area contributed by atoms with Crippen molar-refractivity contribution < 1.29 is 4.92 Å². The molecule has 0 aliphatic rings. The van der Waals surface area contributed by atoms with E-state index in [4.69, 9.17) is 11.6 Å². The Kier molecular flexibility index (Phi) is 2.69. The number of benzene rings is 1. The van der Waals surface area contributed by atoms with E-state index in [0.717, 1.165) is 0 Å². The van der Waals surface area contributed by atoms with Crippen LogP contribution in [0.15, 0.2) is 16.6 Å². The van der Waals surface area contributed by atoms with Gasteiger partial charge >= 0.3 is 0 Å². The maximum Gasteiger partial charge on any atom is 0.283 e. The Bertz CT molecular complexity index is 340. The van der Waals surface area contributed by atoms with Gasteiger partial charge in [-0.1, -0.05) is 11.6 Å². The first kappa shape index (κ1) is 9.48. The first-order valence-electron chi connectivity index (χ1n) is 3.13. The monoisotopic (exact) mass is 249 g/mol. The summed E-state index contributed by atoms with van der Waals surface area (Å²) in [5.74, 6) is 0. The second-order valence-electron chi connectivity index (χ2n) is 2.26. The van der Waals surface area contributed by atoms with Gasteiger partial charge in [0.15, 0.2) is 0 Å². The van der Waals surface area contributed by atoms with Crippen LogP contribution in [0.2, 0.25) is 5.02 Å². The number of hydrogen-bond donors (Lipinski definition) is 0. The van der Waals surface area contributed by atoms with Crippen LogP contribution >= 0.6 is 27.5 Å². The van der Waals surface area contributed by atoms with Crippen LogP contribution in [-0.2, 0) is 0 Å². The highest BCUT2D eigenvalue weighted by molar-refractivity contribution is 9.10. The van der Waals surface area contributed by atoms with E-state index in [-0.39, 0.29) is 5.69 Å². The number of nitrogens with zero attached hydrogens (tertiary/aromatic N) is 1. The molecule has 0 N–H and O–H groups in total. The molecule has 0 aromatic heterocycles. The van der Waals surface area contributed by atoms with Crippen molar-refractivity contribution in [3.63, 3.8) is 0 Å². The predicted molar refractivity (Wildman–Crippen MR) is 50.5 cm³/mol. The van der Waals surface area contributed by atoms with Gasteiger partial charge in [-0.25, -0.2) is 0 Å². The van der Waals surface area contributed by atoms with E-state index >= 15 is 0 Å². The second kappa shape index (κ2) is 3.41. The minimum Gasteiger partial charge on any atom is -0.258 e. The van der Waals surface area contributed by atoms with Crippen LogP contribution in [0.3, 0.4) is 0 Å². The van der Waals surface area contributed by atoms with Crippen molar-refractivity contribution in [2.24, 2.45) is 0 Å². The zero-order valence-electron chi connectivity index (χ0n) is 6.17. The molecule has 0 fully saturated rings. The molecule has 0 saturated heterocycles. The molecule has 0 aliphatic carbocycles. The highest BCUT2D eigenvalue weighted by Gasteiger charge is 2.14.